The molecule has 1 spiro atoms. The van der Waals surface area contributed by atoms with Crippen molar-refractivity contribution in [3.63, 3.8) is 0 Å². The molecule has 7 heteroatoms. The van der Waals surface area contributed by atoms with Crippen molar-refractivity contribution in [3.05, 3.63) is 470 Å². The third-order valence-corrected chi connectivity index (χ3v) is 29.1. The molecule has 4 N–H and O–H groups in total. The van der Waals surface area contributed by atoms with Crippen LogP contribution in [0.15, 0.2) is 437 Å². The van der Waals surface area contributed by atoms with Crippen molar-refractivity contribution in [2.75, 3.05) is 21.3 Å². The Kier molecular flexibility index (Phi) is 18.7. The number of fused-ring (bicyclic) bond motifs is 26. The molecule has 4 nitrogen and oxygen atoms in total. The van der Waals surface area contributed by atoms with Gasteiger partial charge < -0.3 is 21.3 Å². The van der Waals surface area contributed by atoms with Crippen LogP contribution in [0.25, 0.3) is 148 Å². The van der Waals surface area contributed by atoms with Gasteiger partial charge >= 0.3 is 0 Å². The molecule has 0 saturated carbocycles. The molecule has 0 bridgehead atoms. The molecular weight excluding hydrogens is 1570 g/mol. The first-order chi connectivity index (χ1) is 61.7. The predicted molar refractivity (Wildman–Crippen MR) is 541 cm³/mol. The summed E-state index contributed by atoms with van der Waals surface area (Å²) >= 11 is 5.57. The van der Waals surface area contributed by atoms with Gasteiger partial charge in [-0.05, 0) is 237 Å². The molecule has 20 aromatic carbocycles. The molecule has 0 unspecified atom stereocenters. The Hall–Kier alpha value is -15.0. The number of benzene rings is 20. The number of nitrogens with one attached hydrogen (secondary N) is 4. The second kappa shape index (κ2) is 31.2. The molecular formula is C118H82N4S3. The zero-order valence-corrected chi connectivity index (χ0v) is 71.2. The fraction of sp³-hybridized carbons (Fsp3) is 0.0339. The molecule has 0 fully saturated rings. The summed E-state index contributed by atoms with van der Waals surface area (Å²) in [7, 11) is 0. The fourth-order valence-corrected chi connectivity index (χ4v) is 23.1. The summed E-state index contributed by atoms with van der Waals surface area (Å²) in [5, 5.41) is 30.2. The average molecular weight is 1650 g/mol. The normalized spacial score (nSPS) is 12.7. The van der Waals surface area contributed by atoms with Crippen LogP contribution in [-0.4, -0.2) is 0 Å². The summed E-state index contributed by atoms with van der Waals surface area (Å²) in [5.41, 5.74) is 29.9. The minimum Gasteiger partial charge on any atom is -0.356 e. The molecule has 0 amide bonds. The van der Waals surface area contributed by atoms with Crippen LogP contribution < -0.4 is 21.3 Å². The maximum Gasteiger partial charge on any atom is 0.0726 e. The van der Waals surface area contributed by atoms with E-state index in [4.69, 9.17) is 0 Å². The zero-order chi connectivity index (χ0) is 83.1. The number of hydrogen-bond donors (Lipinski definition) is 4. The molecule has 26 rings (SSSR count). The van der Waals surface area contributed by atoms with Crippen molar-refractivity contribution >= 4 is 172 Å². The van der Waals surface area contributed by atoms with E-state index in [-0.39, 0.29) is 10.8 Å². The van der Waals surface area contributed by atoms with Gasteiger partial charge in [0, 0.05) is 106 Å². The minimum atomic E-state index is -0.321. The van der Waals surface area contributed by atoms with Gasteiger partial charge in [-0.25, -0.2) is 0 Å². The molecule has 3 aromatic heterocycles. The van der Waals surface area contributed by atoms with Crippen molar-refractivity contribution in [2.45, 2.75) is 24.7 Å². The van der Waals surface area contributed by atoms with Gasteiger partial charge in [0.1, 0.15) is 0 Å². The number of rotatable bonds is 10. The van der Waals surface area contributed by atoms with Crippen LogP contribution in [-0.2, 0) is 10.8 Å². The molecule has 3 heterocycles. The van der Waals surface area contributed by atoms with Crippen LogP contribution in [0.4, 0.5) is 45.5 Å². The quantitative estimate of drug-likeness (QED) is 0.110. The standard InChI is InChI=1S/C40H29N.C28H19NS.C26H17NS.C24H17NS/c1-39(2)33-15-7-3-11-27(33)31-21-19-25(23-37(31)39)41-26-20-22-32-30-14-6-10-18-36(30)40(38(32)24-26)34-16-8-4-12-28(34)29-13-5-9-17-35(29)40;1-2-8-23-20(6-1)7-5-10-26(23)29-22-15-12-19(13-16-22)21-14-17-28-25(18-21)24-9-3-4-11-27(24)30-28;1-2-8-19-16-20(14-12-17(19)6-1)27-23-11-5-10-22-25-21-9-4-3-7-18(21)13-15-24(25)28-26(22)23;1-2-6-17(7-3-1)18-10-12-19(13-11-18)25-20-14-15-24-22(16-20)21-8-4-5-9-23(21)26-24/h3-24,41H,1-2H3;1-18,29H;1-16,27H;1-16,25H. The first-order valence-corrected chi connectivity index (χ1v) is 45.3. The Morgan fingerprint density at radius 1 is 0.192 bits per heavy atom. The smallest absolute Gasteiger partial charge is 0.0726 e. The van der Waals surface area contributed by atoms with Gasteiger partial charge in [0.05, 0.1) is 15.8 Å². The van der Waals surface area contributed by atoms with E-state index in [1.54, 1.807) is 0 Å². The fourth-order valence-electron chi connectivity index (χ4n) is 19.7. The minimum absolute atomic E-state index is 0.0233. The summed E-state index contributed by atoms with van der Waals surface area (Å²) in [6.07, 6.45) is 0. The van der Waals surface area contributed by atoms with Crippen LogP contribution in [0.5, 0.6) is 0 Å². The summed E-state index contributed by atoms with van der Waals surface area (Å²) in [6, 6.07) is 158. The van der Waals surface area contributed by atoms with Crippen LogP contribution in [0.3, 0.4) is 0 Å². The first-order valence-electron chi connectivity index (χ1n) is 42.8. The lowest BCUT2D eigenvalue weighted by Crippen LogP contribution is -2.25. The molecule has 0 radical (unpaired) electrons. The summed E-state index contributed by atoms with van der Waals surface area (Å²) < 4.78 is 8.00. The number of thiophene rings is 3. The molecule has 23 aromatic rings. The van der Waals surface area contributed by atoms with E-state index < -0.39 is 0 Å². The van der Waals surface area contributed by atoms with Gasteiger partial charge in [0.15, 0.2) is 0 Å². The second-order valence-corrected chi connectivity index (χ2v) is 36.5. The molecule has 3 aliphatic carbocycles. The Balaban J connectivity index is 0.0000000977. The molecule has 125 heavy (non-hydrogen) atoms. The van der Waals surface area contributed by atoms with Gasteiger partial charge in [-0.3, -0.25) is 0 Å². The molecule has 0 saturated heterocycles. The Morgan fingerprint density at radius 2 is 0.576 bits per heavy atom. The van der Waals surface area contributed by atoms with Crippen molar-refractivity contribution in [1.82, 2.24) is 0 Å². The highest BCUT2D eigenvalue weighted by Gasteiger charge is 2.51. The van der Waals surface area contributed by atoms with Gasteiger partial charge in [-0.2, -0.15) is 0 Å². The van der Waals surface area contributed by atoms with Crippen LogP contribution >= 0.6 is 34.0 Å². The van der Waals surface area contributed by atoms with E-state index in [1.807, 2.05) is 40.1 Å². The largest absolute Gasteiger partial charge is 0.356 e. The lowest BCUT2D eigenvalue weighted by Gasteiger charge is -2.30. The summed E-state index contributed by atoms with van der Waals surface area (Å²) in [5.74, 6) is 0. The van der Waals surface area contributed by atoms with Crippen molar-refractivity contribution in [2.24, 2.45) is 0 Å². The topological polar surface area (TPSA) is 48.1 Å². The monoisotopic (exact) mass is 1650 g/mol. The third-order valence-electron chi connectivity index (χ3n) is 25.6. The van der Waals surface area contributed by atoms with E-state index in [1.165, 1.54) is 182 Å². The maximum absolute atomic E-state index is 3.81. The predicted octanol–water partition coefficient (Wildman–Crippen LogP) is 34.3. The van der Waals surface area contributed by atoms with Crippen molar-refractivity contribution in [3.8, 4) is 55.6 Å². The Bertz CT molecular complexity index is 8080. The van der Waals surface area contributed by atoms with Gasteiger partial charge in [-0.15, -0.1) is 34.0 Å². The number of anilines is 8. The first kappa shape index (κ1) is 75.0. The van der Waals surface area contributed by atoms with Gasteiger partial charge in [-0.1, -0.05) is 329 Å². The number of hydrogen-bond acceptors (Lipinski definition) is 7. The third kappa shape index (κ3) is 13.3. The Labute approximate surface area is 738 Å². The average Bonchev–Trinajstić information content (AvgIpc) is 1.51. The highest BCUT2D eigenvalue weighted by Crippen LogP contribution is 2.63. The molecule has 592 valence electrons. The van der Waals surface area contributed by atoms with Crippen molar-refractivity contribution < 1.29 is 0 Å². The molecule has 0 aliphatic heterocycles. The SMILES string of the molecule is CC1(C)c2ccccc2-c2ccc(Nc3ccc4c(c3)C3(c5ccccc5-c5ccccc53)c3ccccc3-4)cc21.c1ccc(-c2ccc(Nc3ccc4sc5ccccc5c4c3)cc2)cc1.c1ccc2c(Nc3ccc(-c4ccc5sc6ccccc6c5c4)cc3)cccc2c1.c1ccc2cc(Nc3cccc4c3sc3ccc5ccccc5c34)ccc2c1. The van der Waals surface area contributed by atoms with E-state index in [2.05, 4.69) is 466 Å². The van der Waals surface area contributed by atoms with E-state index in [0.717, 1.165) is 45.5 Å². The van der Waals surface area contributed by atoms with E-state index in [0.29, 0.717) is 0 Å². The van der Waals surface area contributed by atoms with Gasteiger partial charge in [0.25, 0.3) is 0 Å². The molecule has 3 aliphatic rings. The van der Waals surface area contributed by atoms with Crippen LogP contribution in [0, 0.1) is 0 Å². The van der Waals surface area contributed by atoms with E-state index >= 15 is 0 Å². The van der Waals surface area contributed by atoms with E-state index in [9.17, 15) is 0 Å². The summed E-state index contributed by atoms with van der Waals surface area (Å²) in [4.78, 5) is 0. The summed E-state index contributed by atoms with van der Waals surface area (Å²) in [6.45, 7) is 4.68. The lowest BCUT2D eigenvalue weighted by molar-refractivity contribution is 0.660. The zero-order valence-electron chi connectivity index (χ0n) is 68.8. The maximum atomic E-state index is 3.81. The Morgan fingerprint density at radius 3 is 1.24 bits per heavy atom. The highest BCUT2D eigenvalue weighted by molar-refractivity contribution is 7.27. The van der Waals surface area contributed by atoms with Crippen LogP contribution in [0.1, 0.15) is 47.2 Å². The van der Waals surface area contributed by atoms with Crippen molar-refractivity contribution in [1.29, 1.82) is 0 Å². The molecule has 0 atom stereocenters. The van der Waals surface area contributed by atoms with Crippen LogP contribution in [0.2, 0.25) is 0 Å². The lowest BCUT2D eigenvalue weighted by atomic mass is 9.70. The van der Waals surface area contributed by atoms with Gasteiger partial charge in [0.2, 0.25) is 0 Å². The highest BCUT2D eigenvalue weighted by atomic mass is 32.1. The second-order valence-electron chi connectivity index (χ2n) is 33.2.